The topological polar surface area (TPSA) is 105 Å². The van der Waals surface area contributed by atoms with Crippen LogP contribution in [0.2, 0.25) is 0 Å². The molecule has 10 heteroatoms. The number of aliphatic hydroxyl groups is 1. The summed E-state index contributed by atoms with van der Waals surface area (Å²) in [5.74, 6) is -1.63. The summed E-state index contributed by atoms with van der Waals surface area (Å²) < 4.78 is 60.0. The third-order valence-corrected chi connectivity index (χ3v) is 6.61. The number of hydrogen-bond donors (Lipinski definition) is 3. The van der Waals surface area contributed by atoms with E-state index < -0.39 is 45.3 Å². The van der Waals surface area contributed by atoms with Crippen molar-refractivity contribution in [2.75, 3.05) is 13.2 Å². The van der Waals surface area contributed by atoms with E-state index in [1.54, 1.807) is 0 Å². The van der Waals surface area contributed by atoms with Gasteiger partial charge in [-0.3, -0.25) is 4.79 Å². The van der Waals surface area contributed by atoms with Crippen molar-refractivity contribution >= 4 is 15.9 Å². The molecule has 2 aromatic carbocycles. The zero-order valence-electron chi connectivity index (χ0n) is 16.6. The summed E-state index contributed by atoms with van der Waals surface area (Å²) in [5, 5.41) is 12.4. The molecule has 1 aliphatic heterocycles. The van der Waals surface area contributed by atoms with Gasteiger partial charge in [-0.05, 0) is 55.7 Å². The molecule has 0 unspecified atom stereocenters. The second-order valence-electron chi connectivity index (χ2n) is 7.27. The summed E-state index contributed by atoms with van der Waals surface area (Å²) in [6.07, 6.45) is 0.243. The van der Waals surface area contributed by atoms with Gasteiger partial charge in [0.1, 0.15) is 16.5 Å². The predicted octanol–water partition coefficient (Wildman–Crippen LogP) is 1.97. The van der Waals surface area contributed by atoms with E-state index in [1.807, 2.05) is 0 Å². The van der Waals surface area contributed by atoms with Gasteiger partial charge in [-0.2, -0.15) is 0 Å². The zero-order chi connectivity index (χ0) is 22.4. The lowest BCUT2D eigenvalue weighted by molar-refractivity contribution is -0.0871. The molecule has 0 radical (unpaired) electrons. The Hall–Kier alpha value is -2.40. The molecular weight excluding hydrogens is 430 g/mol. The highest BCUT2D eigenvalue weighted by Crippen LogP contribution is 2.24. The van der Waals surface area contributed by atoms with Crippen LogP contribution in [0.15, 0.2) is 53.4 Å². The number of benzene rings is 2. The summed E-state index contributed by atoms with van der Waals surface area (Å²) in [5.41, 5.74) is 0.335. The molecule has 2 aromatic rings. The molecule has 0 spiro atoms. The molecular formula is C21H24F2N2O5S. The molecule has 0 aliphatic carbocycles. The Bertz CT molecular complexity index is 1000. The van der Waals surface area contributed by atoms with Crippen molar-refractivity contribution < 1.29 is 31.8 Å². The number of hydrogen-bond acceptors (Lipinski definition) is 5. The van der Waals surface area contributed by atoms with Gasteiger partial charge >= 0.3 is 0 Å². The van der Waals surface area contributed by atoms with Gasteiger partial charge in [0.2, 0.25) is 10.0 Å². The van der Waals surface area contributed by atoms with Crippen LogP contribution in [-0.2, 0) is 14.8 Å². The van der Waals surface area contributed by atoms with Gasteiger partial charge in [0.05, 0.1) is 24.9 Å². The molecule has 3 N–H and O–H groups in total. The molecule has 0 saturated carbocycles. The highest BCUT2D eigenvalue weighted by molar-refractivity contribution is 7.89. The first-order valence-corrected chi connectivity index (χ1v) is 11.4. The van der Waals surface area contributed by atoms with Crippen molar-refractivity contribution in [3.8, 4) is 0 Å². The minimum atomic E-state index is -4.11. The Kier molecular flexibility index (Phi) is 7.71. The number of aliphatic hydroxyl groups excluding tert-OH is 1. The standard InChI is InChI=1S/C21H24F2N2O5S/c22-15-7-5-14(6-8-15)21(27)24-12-11-16-9-10-18(19(13-26)30-16)25-31(28,29)20-4-2-1-3-17(20)23/h1-8,16,18-19,25-26H,9-13H2,(H,24,27)/t16-,18+,19+/m0/s1. The summed E-state index contributed by atoms with van der Waals surface area (Å²) in [7, 11) is -4.11. The number of carbonyl (C=O) groups is 1. The van der Waals surface area contributed by atoms with Crippen LogP contribution in [-0.4, -0.2) is 50.8 Å². The van der Waals surface area contributed by atoms with E-state index in [0.717, 1.165) is 6.07 Å². The second-order valence-corrected chi connectivity index (χ2v) is 8.95. The first-order chi connectivity index (χ1) is 14.8. The van der Waals surface area contributed by atoms with Crippen molar-refractivity contribution in [3.05, 3.63) is 65.7 Å². The number of halogens is 2. The quantitative estimate of drug-likeness (QED) is 0.566. The maximum Gasteiger partial charge on any atom is 0.251 e. The van der Waals surface area contributed by atoms with Crippen LogP contribution < -0.4 is 10.0 Å². The third-order valence-electron chi connectivity index (χ3n) is 5.09. The largest absolute Gasteiger partial charge is 0.394 e. The lowest BCUT2D eigenvalue weighted by Crippen LogP contribution is -2.51. The Balaban J connectivity index is 1.51. The number of nitrogens with one attached hydrogen (secondary N) is 2. The van der Waals surface area contributed by atoms with E-state index in [-0.39, 0.29) is 12.0 Å². The van der Waals surface area contributed by atoms with E-state index in [1.165, 1.54) is 42.5 Å². The van der Waals surface area contributed by atoms with E-state index in [2.05, 4.69) is 10.0 Å². The van der Waals surface area contributed by atoms with Gasteiger partial charge < -0.3 is 15.2 Å². The molecule has 0 aromatic heterocycles. The predicted molar refractivity (Wildman–Crippen MR) is 109 cm³/mol. The maximum atomic E-state index is 13.9. The van der Waals surface area contributed by atoms with Crippen molar-refractivity contribution in [1.82, 2.24) is 10.0 Å². The number of ether oxygens (including phenoxy) is 1. The van der Waals surface area contributed by atoms with Gasteiger partial charge in [-0.15, -0.1) is 0 Å². The van der Waals surface area contributed by atoms with Crippen LogP contribution >= 0.6 is 0 Å². The average Bonchev–Trinajstić information content (AvgIpc) is 2.75. The lowest BCUT2D eigenvalue weighted by atomic mass is 9.98. The normalized spacial score (nSPS) is 21.6. The highest BCUT2D eigenvalue weighted by Gasteiger charge is 2.34. The molecule has 1 fully saturated rings. The molecule has 1 amide bonds. The summed E-state index contributed by atoms with van der Waals surface area (Å²) >= 11 is 0. The number of rotatable bonds is 8. The minimum absolute atomic E-state index is 0.292. The summed E-state index contributed by atoms with van der Waals surface area (Å²) in [6, 6.07) is 9.52. The van der Waals surface area contributed by atoms with E-state index in [0.29, 0.717) is 31.4 Å². The Labute approximate surface area is 179 Å². The van der Waals surface area contributed by atoms with Gasteiger partial charge in [0.25, 0.3) is 5.91 Å². The van der Waals surface area contributed by atoms with Crippen molar-refractivity contribution in [3.63, 3.8) is 0 Å². The van der Waals surface area contributed by atoms with Crippen molar-refractivity contribution in [2.24, 2.45) is 0 Å². The maximum absolute atomic E-state index is 13.9. The van der Waals surface area contributed by atoms with Crippen LogP contribution in [0.25, 0.3) is 0 Å². The fourth-order valence-corrected chi connectivity index (χ4v) is 4.83. The molecule has 168 valence electrons. The van der Waals surface area contributed by atoms with E-state index in [9.17, 15) is 27.1 Å². The van der Waals surface area contributed by atoms with E-state index >= 15 is 0 Å². The van der Waals surface area contributed by atoms with Gasteiger partial charge in [-0.25, -0.2) is 21.9 Å². The average molecular weight is 454 g/mol. The molecule has 1 aliphatic rings. The molecule has 3 atom stereocenters. The second kappa shape index (κ2) is 10.3. The number of amides is 1. The molecule has 3 rings (SSSR count). The minimum Gasteiger partial charge on any atom is -0.394 e. The highest BCUT2D eigenvalue weighted by atomic mass is 32.2. The molecule has 1 heterocycles. The fourth-order valence-electron chi connectivity index (χ4n) is 3.45. The van der Waals surface area contributed by atoms with Crippen LogP contribution in [0.5, 0.6) is 0 Å². The van der Waals surface area contributed by atoms with Crippen molar-refractivity contribution in [2.45, 2.75) is 42.4 Å². The van der Waals surface area contributed by atoms with Gasteiger partial charge in [-0.1, -0.05) is 12.1 Å². The Morgan fingerprint density at radius 3 is 2.48 bits per heavy atom. The summed E-state index contributed by atoms with van der Waals surface area (Å²) in [6.45, 7) is -0.118. The number of sulfonamides is 1. The number of carbonyl (C=O) groups excluding carboxylic acids is 1. The van der Waals surface area contributed by atoms with Crippen molar-refractivity contribution in [1.29, 1.82) is 0 Å². The molecule has 0 bridgehead atoms. The van der Waals surface area contributed by atoms with Gasteiger partial charge in [0, 0.05) is 12.1 Å². The molecule has 1 saturated heterocycles. The zero-order valence-corrected chi connectivity index (χ0v) is 17.4. The first-order valence-electron chi connectivity index (χ1n) is 9.87. The van der Waals surface area contributed by atoms with Crippen LogP contribution in [0.4, 0.5) is 8.78 Å². The third kappa shape index (κ3) is 6.07. The monoisotopic (exact) mass is 454 g/mol. The van der Waals surface area contributed by atoms with Crippen LogP contribution in [0, 0.1) is 11.6 Å². The fraction of sp³-hybridized carbons (Fsp3) is 0.381. The SMILES string of the molecule is O=C(NCC[C@@H]1CC[C@@H](NS(=O)(=O)c2ccccc2F)[C@@H](CO)O1)c1ccc(F)cc1. The molecule has 31 heavy (non-hydrogen) atoms. The van der Waals surface area contributed by atoms with Crippen LogP contribution in [0.3, 0.4) is 0 Å². The Morgan fingerprint density at radius 1 is 1.10 bits per heavy atom. The lowest BCUT2D eigenvalue weighted by Gasteiger charge is -2.36. The van der Waals surface area contributed by atoms with E-state index in [4.69, 9.17) is 4.74 Å². The smallest absolute Gasteiger partial charge is 0.251 e. The summed E-state index contributed by atoms with van der Waals surface area (Å²) in [4.78, 5) is 11.6. The first kappa shape index (κ1) is 23.3. The Morgan fingerprint density at radius 2 is 1.81 bits per heavy atom. The molecule has 7 nitrogen and oxygen atoms in total. The van der Waals surface area contributed by atoms with Crippen LogP contribution in [0.1, 0.15) is 29.6 Å². The van der Waals surface area contributed by atoms with Gasteiger partial charge in [0.15, 0.2) is 0 Å².